The molecule has 0 atom stereocenters. The van der Waals surface area contributed by atoms with Crippen molar-refractivity contribution in [1.82, 2.24) is 10.6 Å². The van der Waals surface area contributed by atoms with Crippen LogP contribution in [0.4, 0.5) is 17.6 Å². The van der Waals surface area contributed by atoms with Crippen molar-refractivity contribution in [2.24, 2.45) is 4.99 Å². The number of halogens is 5. The van der Waals surface area contributed by atoms with Gasteiger partial charge in [-0.25, -0.2) is 9.38 Å². The van der Waals surface area contributed by atoms with Crippen LogP contribution in [0, 0.1) is 17.1 Å². The monoisotopic (exact) mass is 550 g/mol. The number of nitrogens with one attached hydrogen (secondary N) is 2. The van der Waals surface area contributed by atoms with Crippen LogP contribution in [-0.4, -0.2) is 25.3 Å². The first-order valence-corrected chi connectivity index (χ1v) is 9.23. The molecule has 0 aliphatic rings. The molecule has 2 rings (SSSR count). The fraction of sp³-hybridized carbons (Fsp3) is 0.333. The van der Waals surface area contributed by atoms with Crippen LogP contribution in [0.25, 0.3) is 0 Å². The predicted molar refractivity (Wildman–Crippen MR) is 120 cm³/mol. The number of ether oxygens (including phenoxy) is 1. The van der Waals surface area contributed by atoms with Gasteiger partial charge in [0.1, 0.15) is 12.4 Å². The minimum Gasteiger partial charge on any atom is -0.367 e. The molecule has 0 heterocycles. The Morgan fingerprint density at radius 1 is 1.10 bits per heavy atom. The lowest BCUT2D eigenvalue weighted by molar-refractivity contribution is -0.176. The first kappa shape index (κ1) is 26.6. The van der Waals surface area contributed by atoms with Gasteiger partial charge in [-0.15, -0.1) is 24.0 Å². The molecule has 0 aromatic heterocycles. The van der Waals surface area contributed by atoms with Crippen molar-refractivity contribution in [3.05, 3.63) is 70.5 Å². The Morgan fingerprint density at radius 2 is 1.77 bits per heavy atom. The molecule has 0 bridgehead atoms. The fourth-order valence-corrected chi connectivity index (χ4v) is 2.48. The Hall–Kier alpha value is -2.39. The molecule has 0 aliphatic carbocycles. The van der Waals surface area contributed by atoms with Gasteiger partial charge >= 0.3 is 6.18 Å². The van der Waals surface area contributed by atoms with Gasteiger partial charge in [0.05, 0.1) is 24.8 Å². The molecular formula is C21H23F4IN4O. The molecule has 0 unspecified atom stereocenters. The van der Waals surface area contributed by atoms with E-state index in [1.807, 2.05) is 13.0 Å². The van der Waals surface area contributed by atoms with Gasteiger partial charge in [-0.3, -0.25) is 0 Å². The number of guanidine groups is 1. The number of hydrogen-bond donors (Lipinski definition) is 2. The fourth-order valence-electron chi connectivity index (χ4n) is 2.48. The summed E-state index contributed by atoms with van der Waals surface area (Å²) in [4.78, 5) is 4.43. The van der Waals surface area contributed by atoms with Gasteiger partial charge in [-0.05, 0) is 30.2 Å². The van der Waals surface area contributed by atoms with E-state index in [4.69, 9.17) is 5.26 Å². The number of nitriles is 1. The van der Waals surface area contributed by atoms with Gasteiger partial charge in [0, 0.05) is 18.7 Å². The second-order valence-electron chi connectivity index (χ2n) is 6.39. The highest BCUT2D eigenvalue weighted by Crippen LogP contribution is 2.16. The van der Waals surface area contributed by atoms with Crippen LogP contribution < -0.4 is 10.6 Å². The van der Waals surface area contributed by atoms with Crippen molar-refractivity contribution in [1.29, 1.82) is 5.26 Å². The maximum absolute atomic E-state index is 14.0. The topological polar surface area (TPSA) is 69.4 Å². The van der Waals surface area contributed by atoms with Crippen LogP contribution in [0.3, 0.4) is 0 Å². The van der Waals surface area contributed by atoms with E-state index in [0.29, 0.717) is 30.2 Å². The van der Waals surface area contributed by atoms with E-state index < -0.39 is 18.6 Å². The zero-order valence-electron chi connectivity index (χ0n) is 16.8. The molecule has 0 aliphatic heterocycles. The van der Waals surface area contributed by atoms with E-state index in [0.717, 1.165) is 5.56 Å². The minimum absolute atomic E-state index is 0. The Bertz CT molecular complexity index is 896. The third-order valence-corrected chi connectivity index (χ3v) is 3.95. The van der Waals surface area contributed by atoms with Crippen molar-refractivity contribution in [2.45, 2.75) is 32.8 Å². The SMILES string of the molecule is CCNC(=NCc1ccc(COCC(F)(F)F)cc1)NCc1ccc(C#N)cc1F.I. The molecule has 2 aromatic carbocycles. The maximum Gasteiger partial charge on any atom is 0.411 e. The molecule has 0 amide bonds. The number of benzene rings is 2. The van der Waals surface area contributed by atoms with Crippen LogP contribution in [0.5, 0.6) is 0 Å². The van der Waals surface area contributed by atoms with Gasteiger partial charge < -0.3 is 15.4 Å². The van der Waals surface area contributed by atoms with E-state index in [9.17, 15) is 17.6 Å². The Morgan fingerprint density at radius 3 is 2.35 bits per heavy atom. The summed E-state index contributed by atoms with van der Waals surface area (Å²) >= 11 is 0. The molecule has 0 radical (unpaired) electrons. The van der Waals surface area contributed by atoms with Gasteiger partial charge in [0.15, 0.2) is 5.96 Å². The van der Waals surface area contributed by atoms with E-state index in [1.54, 1.807) is 36.4 Å². The number of hydrogen-bond acceptors (Lipinski definition) is 3. The molecule has 10 heteroatoms. The second kappa shape index (κ2) is 13.1. The van der Waals surface area contributed by atoms with Gasteiger partial charge in [-0.1, -0.05) is 30.3 Å². The van der Waals surface area contributed by atoms with Crippen molar-refractivity contribution in [3.63, 3.8) is 0 Å². The molecule has 0 fully saturated rings. The number of alkyl halides is 3. The lowest BCUT2D eigenvalue weighted by Gasteiger charge is -2.12. The molecule has 2 aromatic rings. The molecule has 168 valence electrons. The Labute approximate surface area is 195 Å². The summed E-state index contributed by atoms with van der Waals surface area (Å²) in [7, 11) is 0. The predicted octanol–water partition coefficient (Wildman–Crippen LogP) is 4.65. The normalized spacial score (nSPS) is 11.4. The second-order valence-corrected chi connectivity index (χ2v) is 6.39. The van der Waals surface area contributed by atoms with E-state index in [-0.39, 0.29) is 42.7 Å². The maximum atomic E-state index is 14.0. The van der Waals surface area contributed by atoms with Gasteiger partial charge in [0.25, 0.3) is 0 Å². The van der Waals surface area contributed by atoms with Crippen LogP contribution in [0.15, 0.2) is 47.5 Å². The summed E-state index contributed by atoms with van der Waals surface area (Å²) in [6, 6.07) is 13.1. The number of nitrogens with zero attached hydrogens (tertiary/aromatic N) is 2. The first-order chi connectivity index (χ1) is 14.3. The van der Waals surface area contributed by atoms with Gasteiger partial charge in [0.2, 0.25) is 0 Å². The third kappa shape index (κ3) is 9.97. The highest BCUT2D eigenvalue weighted by Gasteiger charge is 2.27. The summed E-state index contributed by atoms with van der Waals surface area (Å²) in [6.45, 7) is 1.63. The average Bonchev–Trinajstić information content (AvgIpc) is 2.70. The molecule has 5 nitrogen and oxygen atoms in total. The van der Waals surface area contributed by atoms with E-state index in [2.05, 4.69) is 20.4 Å². The highest BCUT2D eigenvalue weighted by molar-refractivity contribution is 14.0. The summed E-state index contributed by atoms with van der Waals surface area (Å²) in [5.74, 6) is 0.0135. The number of aliphatic imine (C=N–C) groups is 1. The largest absolute Gasteiger partial charge is 0.411 e. The van der Waals surface area contributed by atoms with Gasteiger partial charge in [-0.2, -0.15) is 18.4 Å². The Kier molecular flexibility index (Phi) is 11.3. The zero-order chi connectivity index (χ0) is 22.0. The van der Waals surface area contributed by atoms with Crippen molar-refractivity contribution < 1.29 is 22.3 Å². The minimum atomic E-state index is -4.34. The number of rotatable bonds is 8. The van der Waals surface area contributed by atoms with E-state index in [1.165, 1.54) is 6.07 Å². The third-order valence-electron chi connectivity index (χ3n) is 3.95. The van der Waals surface area contributed by atoms with Crippen LogP contribution >= 0.6 is 24.0 Å². The highest BCUT2D eigenvalue weighted by atomic mass is 127. The van der Waals surface area contributed by atoms with E-state index >= 15 is 0 Å². The van der Waals surface area contributed by atoms with Crippen LogP contribution in [0.1, 0.15) is 29.2 Å². The lowest BCUT2D eigenvalue weighted by Crippen LogP contribution is -2.37. The molecule has 0 saturated carbocycles. The summed E-state index contributed by atoms with van der Waals surface area (Å²) in [6.07, 6.45) is -4.34. The first-order valence-electron chi connectivity index (χ1n) is 9.23. The molecule has 0 spiro atoms. The molecule has 31 heavy (non-hydrogen) atoms. The van der Waals surface area contributed by atoms with Crippen LogP contribution in [-0.2, 0) is 24.4 Å². The summed E-state index contributed by atoms with van der Waals surface area (Å²) in [5, 5.41) is 14.9. The standard InChI is InChI=1S/C21H22F4N4O.HI/c1-2-27-20(29-12-18-8-7-17(10-26)9-19(18)22)28-11-15-3-5-16(6-4-15)13-30-14-21(23,24)25;/h3-9H,2,11-14H2,1H3,(H2,27,28,29);1H. The smallest absolute Gasteiger partial charge is 0.367 e. The average molecular weight is 550 g/mol. The summed E-state index contributed by atoms with van der Waals surface area (Å²) in [5.41, 5.74) is 2.15. The van der Waals surface area contributed by atoms with Crippen molar-refractivity contribution in [3.8, 4) is 6.07 Å². The lowest BCUT2D eigenvalue weighted by atomic mass is 10.1. The summed E-state index contributed by atoms with van der Waals surface area (Å²) < 4.78 is 54.9. The van der Waals surface area contributed by atoms with Crippen molar-refractivity contribution >= 4 is 29.9 Å². The van der Waals surface area contributed by atoms with Crippen LogP contribution in [0.2, 0.25) is 0 Å². The molecular weight excluding hydrogens is 527 g/mol. The molecule has 2 N–H and O–H groups in total. The molecule has 0 saturated heterocycles. The Balaban J connectivity index is 0.00000480. The zero-order valence-corrected chi connectivity index (χ0v) is 19.1. The van der Waals surface area contributed by atoms with Crippen molar-refractivity contribution in [2.75, 3.05) is 13.2 Å². The quantitative estimate of drug-likeness (QED) is 0.218.